The predicted molar refractivity (Wildman–Crippen MR) is 133 cm³/mol. The second-order valence-corrected chi connectivity index (χ2v) is 8.21. The summed E-state index contributed by atoms with van der Waals surface area (Å²) in [7, 11) is 3.52. The van der Waals surface area contributed by atoms with Gasteiger partial charge in [-0.15, -0.1) is 0 Å². The largest absolute Gasteiger partial charge is 0.345 e. The standard InChI is InChI=1S/C19H22N2O.C9H10O/c1-13-10-15(3)20-12-18(13)11-14(2)16-6-8-17(9-7-16)19(22)21(4)5;1-7-4-3-5-9(6-7)8(2)10/h6-12H,1-5H3;3-6H,1-2H3/b14-11+;. The first-order chi connectivity index (χ1) is 15.1. The SMILES string of the molecule is C/C(=C\c1cnc(C)cc1C)c1ccc(C(=O)N(C)C)cc1.CC(=O)c1cccc(C)c1. The Morgan fingerprint density at radius 2 is 1.47 bits per heavy atom. The molecule has 0 spiro atoms. The minimum Gasteiger partial charge on any atom is -0.345 e. The zero-order valence-electron chi connectivity index (χ0n) is 20.1. The minimum absolute atomic E-state index is 0.0201. The van der Waals surface area contributed by atoms with E-state index in [0.29, 0.717) is 5.56 Å². The van der Waals surface area contributed by atoms with Gasteiger partial charge in [0.25, 0.3) is 5.91 Å². The molecule has 0 aliphatic heterocycles. The highest BCUT2D eigenvalue weighted by Crippen LogP contribution is 2.20. The van der Waals surface area contributed by atoms with Crippen LogP contribution in [0.2, 0.25) is 0 Å². The predicted octanol–water partition coefficient (Wildman–Crippen LogP) is 6.16. The van der Waals surface area contributed by atoms with Crippen LogP contribution < -0.4 is 0 Å². The van der Waals surface area contributed by atoms with E-state index in [1.807, 2.05) is 68.6 Å². The molecule has 2 aromatic carbocycles. The van der Waals surface area contributed by atoms with Gasteiger partial charge in [-0.25, -0.2) is 0 Å². The van der Waals surface area contributed by atoms with Crippen molar-refractivity contribution < 1.29 is 9.59 Å². The molecular weight excluding hydrogens is 396 g/mol. The number of hydrogen-bond acceptors (Lipinski definition) is 3. The summed E-state index contributed by atoms with van der Waals surface area (Å²) >= 11 is 0. The van der Waals surface area contributed by atoms with Gasteiger partial charge in [0.2, 0.25) is 0 Å². The van der Waals surface area contributed by atoms with Crippen LogP contribution in [0.3, 0.4) is 0 Å². The van der Waals surface area contributed by atoms with Gasteiger partial charge in [0.1, 0.15) is 0 Å². The molecule has 3 rings (SSSR count). The number of rotatable bonds is 4. The Morgan fingerprint density at radius 3 is 1.97 bits per heavy atom. The van der Waals surface area contributed by atoms with Gasteiger partial charge < -0.3 is 4.90 Å². The highest BCUT2D eigenvalue weighted by molar-refractivity contribution is 5.94. The first-order valence-electron chi connectivity index (χ1n) is 10.6. The monoisotopic (exact) mass is 428 g/mol. The van der Waals surface area contributed by atoms with Gasteiger partial charge in [-0.3, -0.25) is 14.6 Å². The molecule has 0 aliphatic rings. The molecule has 0 radical (unpaired) electrons. The molecule has 0 saturated heterocycles. The van der Waals surface area contributed by atoms with Crippen molar-refractivity contribution in [1.82, 2.24) is 9.88 Å². The molecule has 166 valence electrons. The maximum atomic E-state index is 11.9. The molecule has 1 amide bonds. The number of allylic oxidation sites excluding steroid dienone is 1. The second kappa shape index (κ2) is 11.2. The minimum atomic E-state index is 0.0201. The number of aromatic nitrogens is 1. The fourth-order valence-electron chi connectivity index (χ4n) is 3.17. The van der Waals surface area contributed by atoms with Crippen molar-refractivity contribution in [2.75, 3.05) is 14.1 Å². The van der Waals surface area contributed by atoms with Crippen molar-refractivity contribution in [2.45, 2.75) is 34.6 Å². The lowest BCUT2D eigenvalue weighted by molar-refractivity contribution is 0.0827. The summed E-state index contributed by atoms with van der Waals surface area (Å²) in [5, 5.41) is 0. The maximum Gasteiger partial charge on any atom is 0.253 e. The zero-order chi connectivity index (χ0) is 23.8. The number of carbonyl (C=O) groups excluding carboxylic acids is 2. The topological polar surface area (TPSA) is 50.3 Å². The lowest BCUT2D eigenvalue weighted by Gasteiger charge is -2.11. The van der Waals surface area contributed by atoms with E-state index >= 15 is 0 Å². The lowest BCUT2D eigenvalue weighted by atomic mass is 10.0. The molecular formula is C28H32N2O2. The Morgan fingerprint density at radius 1 is 0.844 bits per heavy atom. The summed E-state index contributed by atoms with van der Waals surface area (Å²) in [6, 6.07) is 17.4. The molecule has 0 aliphatic carbocycles. The average molecular weight is 429 g/mol. The highest BCUT2D eigenvalue weighted by atomic mass is 16.2. The molecule has 3 aromatic rings. The van der Waals surface area contributed by atoms with E-state index in [2.05, 4.69) is 31.0 Å². The van der Waals surface area contributed by atoms with Crippen LogP contribution in [0.1, 0.15) is 62.5 Å². The maximum absolute atomic E-state index is 11.9. The highest BCUT2D eigenvalue weighted by Gasteiger charge is 2.07. The molecule has 0 fully saturated rings. The number of aryl methyl sites for hydroxylation is 3. The third-order valence-corrected chi connectivity index (χ3v) is 5.08. The van der Waals surface area contributed by atoms with E-state index in [-0.39, 0.29) is 11.7 Å². The number of Topliss-reactive ketones (excluding diaryl/α,β-unsaturated/α-hetero) is 1. The van der Waals surface area contributed by atoms with Crippen LogP contribution in [-0.2, 0) is 0 Å². The van der Waals surface area contributed by atoms with E-state index < -0.39 is 0 Å². The number of benzene rings is 2. The summed E-state index contributed by atoms with van der Waals surface area (Å²) in [5.41, 5.74) is 8.25. The molecule has 1 heterocycles. The number of carbonyl (C=O) groups is 2. The first-order valence-corrected chi connectivity index (χ1v) is 10.6. The van der Waals surface area contributed by atoms with E-state index in [1.54, 1.807) is 25.9 Å². The zero-order valence-corrected chi connectivity index (χ0v) is 20.1. The molecule has 32 heavy (non-hydrogen) atoms. The molecule has 0 unspecified atom stereocenters. The molecule has 0 N–H and O–H groups in total. The van der Waals surface area contributed by atoms with Crippen molar-refractivity contribution >= 4 is 23.3 Å². The van der Waals surface area contributed by atoms with Gasteiger partial charge in [0.15, 0.2) is 5.78 Å². The van der Waals surface area contributed by atoms with Crippen molar-refractivity contribution in [3.63, 3.8) is 0 Å². The van der Waals surface area contributed by atoms with E-state index in [0.717, 1.165) is 33.5 Å². The quantitative estimate of drug-likeness (QED) is 0.468. The summed E-state index contributed by atoms with van der Waals surface area (Å²) in [6.07, 6.45) is 4.03. The third kappa shape index (κ3) is 7.02. The fraction of sp³-hybridized carbons (Fsp3) is 0.250. The molecule has 0 atom stereocenters. The van der Waals surface area contributed by atoms with Crippen molar-refractivity contribution in [3.8, 4) is 0 Å². The van der Waals surface area contributed by atoms with Gasteiger partial charge in [0.05, 0.1) is 0 Å². The Bertz CT molecular complexity index is 1130. The smallest absolute Gasteiger partial charge is 0.253 e. The average Bonchev–Trinajstić information content (AvgIpc) is 2.75. The number of ketones is 1. The van der Waals surface area contributed by atoms with Crippen molar-refractivity contribution in [3.05, 3.63) is 99.9 Å². The van der Waals surface area contributed by atoms with Gasteiger partial charge in [0, 0.05) is 37.1 Å². The van der Waals surface area contributed by atoms with Crippen molar-refractivity contribution in [1.29, 1.82) is 0 Å². The summed E-state index contributed by atoms with van der Waals surface area (Å²) < 4.78 is 0. The van der Waals surface area contributed by atoms with Gasteiger partial charge >= 0.3 is 0 Å². The number of amides is 1. The molecule has 0 saturated carbocycles. The molecule has 4 nitrogen and oxygen atoms in total. The van der Waals surface area contributed by atoms with Crippen LogP contribution in [0.4, 0.5) is 0 Å². The molecule has 0 bridgehead atoms. The van der Waals surface area contributed by atoms with Crippen LogP contribution in [-0.4, -0.2) is 35.7 Å². The third-order valence-electron chi connectivity index (χ3n) is 5.08. The molecule has 1 aromatic heterocycles. The van der Waals surface area contributed by atoms with Gasteiger partial charge in [-0.05, 0) is 87.2 Å². The van der Waals surface area contributed by atoms with Crippen LogP contribution in [0.25, 0.3) is 11.6 Å². The van der Waals surface area contributed by atoms with Crippen molar-refractivity contribution in [2.24, 2.45) is 0 Å². The van der Waals surface area contributed by atoms with Gasteiger partial charge in [-0.2, -0.15) is 0 Å². The van der Waals surface area contributed by atoms with E-state index in [9.17, 15) is 9.59 Å². The summed E-state index contributed by atoms with van der Waals surface area (Å²) in [6.45, 7) is 9.71. The Balaban J connectivity index is 0.000000303. The number of hydrogen-bond donors (Lipinski definition) is 0. The molecule has 4 heteroatoms. The normalized spacial score (nSPS) is 10.8. The number of nitrogens with zero attached hydrogens (tertiary/aromatic N) is 2. The summed E-state index contributed by atoms with van der Waals surface area (Å²) in [5.74, 6) is 0.149. The van der Waals surface area contributed by atoms with E-state index in [1.165, 1.54) is 5.56 Å². The Labute approximate surface area is 191 Å². The van der Waals surface area contributed by atoms with Crippen LogP contribution in [0, 0.1) is 20.8 Å². The van der Waals surface area contributed by atoms with Crippen LogP contribution in [0.15, 0.2) is 60.8 Å². The Kier molecular flexibility index (Phi) is 8.65. The van der Waals surface area contributed by atoms with Crippen LogP contribution in [0.5, 0.6) is 0 Å². The lowest BCUT2D eigenvalue weighted by Crippen LogP contribution is -2.21. The fourth-order valence-corrected chi connectivity index (χ4v) is 3.17. The first kappa shape index (κ1) is 24.7. The second-order valence-electron chi connectivity index (χ2n) is 8.21. The Hall–Kier alpha value is -3.53. The van der Waals surface area contributed by atoms with E-state index in [4.69, 9.17) is 0 Å². The van der Waals surface area contributed by atoms with Gasteiger partial charge in [-0.1, -0.05) is 35.9 Å². The number of pyridine rings is 1. The van der Waals surface area contributed by atoms with Crippen LogP contribution >= 0.6 is 0 Å². The summed E-state index contributed by atoms with van der Waals surface area (Å²) in [4.78, 5) is 28.6.